The van der Waals surface area contributed by atoms with E-state index in [0.717, 1.165) is 39.5 Å². The van der Waals surface area contributed by atoms with Crippen molar-refractivity contribution >= 4 is 11.5 Å². The first-order chi connectivity index (χ1) is 14.3. The maximum atomic E-state index is 9.86. The number of aliphatic hydroxyl groups excluding tert-OH is 1. The molecule has 4 heterocycles. The molecule has 1 aliphatic carbocycles. The minimum Gasteiger partial charge on any atom is -0.392 e. The number of nitrogens with zero attached hydrogens (tertiary/aromatic N) is 4. The van der Waals surface area contributed by atoms with Gasteiger partial charge in [-0.2, -0.15) is 0 Å². The van der Waals surface area contributed by atoms with Gasteiger partial charge in [-0.1, -0.05) is 18.9 Å². The summed E-state index contributed by atoms with van der Waals surface area (Å²) in [6.45, 7) is -0.0462. The summed E-state index contributed by atoms with van der Waals surface area (Å²) in [6.07, 6.45) is 12.4. The summed E-state index contributed by atoms with van der Waals surface area (Å²) in [4.78, 5) is 13.5. The largest absolute Gasteiger partial charge is 0.392 e. The standard InChI is InChI=1S/C23H23N5O/c29-15-17-12-23-25-13-21(28(23)14-19(17)16-8-10-24-11-9-16)20-6-3-7-22(27-20)26-18-4-1-2-5-18/h3,6-14,18,29H,1-2,4-5,15H2,(H,26,27). The number of imidazole rings is 1. The fourth-order valence-corrected chi connectivity index (χ4v) is 4.11. The molecule has 0 unspecified atom stereocenters. The molecule has 0 atom stereocenters. The summed E-state index contributed by atoms with van der Waals surface area (Å²) in [5.41, 5.74) is 5.40. The molecule has 0 aromatic carbocycles. The lowest BCUT2D eigenvalue weighted by Gasteiger charge is -2.14. The summed E-state index contributed by atoms with van der Waals surface area (Å²) in [5, 5.41) is 13.4. The molecule has 0 bridgehead atoms. The van der Waals surface area contributed by atoms with Gasteiger partial charge in [0.15, 0.2) is 0 Å². The summed E-state index contributed by atoms with van der Waals surface area (Å²) in [7, 11) is 0. The lowest BCUT2D eigenvalue weighted by molar-refractivity contribution is 0.282. The van der Waals surface area contributed by atoms with Gasteiger partial charge in [-0.3, -0.25) is 9.38 Å². The van der Waals surface area contributed by atoms with E-state index in [1.54, 1.807) is 12.4 Å². The Kier molecular flexibility index (Phi) is 4.69. The van der Waals surface area contributed by atoms with Gasteiger partial charge < -0.3 is 10.4 Å². The van der Waals surface area contributed by atoms with Crippen LogP contribution in [0.4, 0.5) is 5.82 Å². The summed E-state index contributed by atoms with van der Waals surface area (Å²) < 4.78 is 2.04. The van der Waals surface area contributed by atoms with Crippen molar-refractivity contribution in [3.05, 3.63) is 66.7 Å². The summed E-state index contributed by atoms with van der Waals surface area (Å²) in [5.74, 6) is 0.908. The van der Waals surface area contributed by atoms with Crippen LogP contribution in [0.5, 0.6) is 0 Å². The minimum atomic E-state index is -0.0462. The van der Waals surface area contributed by atoms with Gasteiger partial charge in [0, 0.05) is 30.2 Å². The molecular formula is C23H23N5O. The third-order valence-electron chi connectivity index (χ3n) is 5.61. The van der Waals surface area contributed by atoms with Crippen LogP contribution in [0.3, 0.4) is 0 Å². The van der Waals surface area contributed by atoms with Crippen LogP contribution in [0.25, 0.3) is 28.2 Å². The monoisotopic (exact) mass is 385 g/mol. The Morgan fingerprint density at radius 1 is 1.10 bits per heavy atom. The average Bonchev–Trinajstić information content (AvgIpc) is 3.43. The molecular weight excluding hydrogens is 362 g/mol. The lowest BCUT2D eigenvalue weighted by atomic mass is 10.0. The van der Waals surface area contributed by atoms with Crippen molar-refractivity contribution in [2.24, 2.45) is 0 Å². The number of rotatable bonds is 5. The molecule has 0 saturated heterocycles. The second kappa shape index (κ2) is 7.64. The summed E-state index contributed by atoms with van der Waals surface area (Å²) >= 11 is 0. The van der Waals surface area contributed by atoms with E-state index in [4.69, 9.17) is 4.98 Å². The van der Waals surface area contributed by atoms with Crippen molar-refractivity contribution in [3.63, 3.8) is 0 Å². The molecule has 1 saturated carbocycles. The van der Waals surface area contributed by atoms with Crippen molar-refractivity contribution in [3.8, 4) is 22.5 Å². The van der Waals surface area contributed by atoms with E-state index in [9.17, 15) is 5.11 Å². The van der Waals surface area contributed by atoms with Gasteiger partial charge >= 0.3 is 0 Å². The number of hydrogen-bond acceptors (Lipinski definition) is 5. The van der Waals surface area contributed by atoms with Gasteiger partial charge in [0.05, 0.1) is 24.2 Å². The second-order valence-corrected chi connectivity index (χ2v) is 7.51. The van der Waals surface area contributed by atoms with E-state index in [-0.39, 0.29) is 6.61 Å². The zero-order valence-electron chi connectivity index (χ0n) is 16.1. The quantitative estimate of drug-likeness (QED) is 0.536. The van der Waals surface area contributed by atoms with Crippen LogP contribution in [0.15, 0.2) is 61.2 Å². The fourth-order valence-electron chi connectivity index (χ4n) is 4.11. The van der Waals surface area contributed by atoms with Crippen LogP contribution in [0.1, 0.15) is 31.2 Å². The van der Waals surface area contributed by atoms with E-state index in [0.29, 0.717) is 6.04 Å². The number of aliphatic hydroxyl groups is 1. The third-order valence-corrected chi connectivity index (χ3v) is 5.61. The third kappa shape index (κ3) is 3.47. The van der Waals surface area contributed by atoms with Crippen LogP contribution in [0.2, 0.25) is 0 Å². The SMILES string of the molecule is OCc1cc2ncc(-c3cccc(NC4CCCC4)n3)n2cc1-c1ccncc1. The molecule has 29 heavy (non-hydrogen) atoms. The number of aromatic nitrogens is 4. The smallest absolute Gasteiger partial charge is 0.137 e. The van der Waals surface area contributed by atoms with Crippen molar-refractivity contribution in [1.29, 1.82) is 0 Å². The molecule has 4 aromatic rings. The number of nitrogens with one attached hydrogen (secondary N) is 1. The average molecular weight is 385 g/mol. The highest BCUT2D eigenvalue weighted by atomic mass is 16.3. The highest BCUT2D eigenvalue weighted by Crippen LogP contribution is 2.29. The van der Waals surface area contributed by atoms with Gasteiger partial charge in [-0.15, -0.1) is 0 Å². The molecule has 146 valence electrons. The van der Waals surface area contributed by atoms with Crippen molar-refractivity contribution < 1.29 is 5.11 Å². The Labute approximate surface area is 169 Å². The number of hydrogen-bond donors (Lipinski definition) is 2. The fraction of sp³-hybridized carbons (Fsp3) is 0.261. The molecule has 4 aromatic heterocycles. The summed E-state index contributed by atoms with van der Waals surface area (Å²) in [6, 6.07) is 12.4. The highest BCUT2D eigenvalue weighted by molar-refractivity contribution is 5.71. The Morgan fingerprint density at radius 2 is 1.93 bits per heavy atom. The predicted octanol–water partition coefficient (Wildman–Crippen LogP) is 4.31. The number of anilines is 1. The van der Waals surface area contributed by atoms with Crippen molar-refractivity contribution in [2.75, 3.05) is 5.32 Å². The highest BCUT2D eigenvalue weighted by Gasteiger charge is 2.16. The van der Waals surface area contributed by atoms with Gasteiger partial charge in [0.2, 0.25) is 0 Å². The van der Waals surface area contributed by atoms with E-state index in [1.807, 2.05) is 53.2 Å². The Hall–Kier alpha value is -3.25. The van der Waals surface area contributed by atoms with E-state index in [2.05, 4.69) is 15.3 Å². The molecule has 0 amide bonds. The van der Waals surface area contributed by atoms with Gasteiger partial charge in [-0.25, -0.2) is 9.97 Å². The Balaban J connectivity index is 1.57. The van der Waals surface area contributed by atoms with E-state index in [1.165, 1.54) is 25.7 Å². The van der Waals surface area contributed by atoms with Crippen LogP contribution in [-0.2, 0) is 6.61 Å². The zero-order valence-corrected chi connectivity index (χ0v) is 16.1. The van der Waals surface area contributed by atoms with Crippen molar-refractivity contribution in [2.45, 2.75) is 38.3 Å². The first-order valence-electron chi connectivity index (χ1n) is 10.1. The molecule has 5 rings (SSSR count). The Bertz CT molecular complexity index is 1130. The first kappa shape index (κ1) is 17.8. The zero-order chi connectivity index (χ0) is 19.6. The number of fused-ring (bicyclic) bond motifs is 1. The molecule has 0 spiro atoms. The van der Waals surface area contributed by atoms with Gasteiger partial charge in [-0.05, 0) is 54.3 Å². The molecule has 1 fully saturated rings. The van der Waals surface area contributed by atoms with Crippen LogP contribution < -0.4 is 5.32 Å². The van der Waals surface area contributed by atoms with Gasteiger partial charge in [0.25, 0.3) is 0 Å². The molecule has 1 aliphatic rings. The Morgan fingerprint density at radius 3 is 2.72 bits per heavy atom. The molecule has 0 radical (unpaired) electrons. The van der Waals surface area contributed by atoms with Crippen LogP contribution >= 0.6 is 0 Å². The second-order valence-electron chi connectivity index (χ2n) is 7.51. The normalized spacial score (nSPS) is 14.5. The minimum absolute atomic E-state index is 0.0462. The van der Waals surface area contributed by atoms with Crippen LogP contribution in [0, 0.1) is 0 Å². The van der Waals surface area contributed by atoms with E-state index >= 15 is 0 Å². The maximum Gasteiger partial charge on any atom is 0.137 e. The first-order valence-corrected chi connectivity index (χ1v) is 10.1. The van der Waals surface area contributed by atoms with Crippen molar-refractivity contribution in [1.82, 2.24) is 19.4 Å². The maximum absolute atomic E-state index is 9.86. The molecule has 2 N–H and O–H groups in total. The molecule has 6 nitrogen and oxygen atoms in total. The van der Waals surface area contributed by atoms with Gasteiger partial charge in [0.1, 0.15) is 11.5 Å². The van der Waals surface area contributed by atoms with Crippen LogP contribution in [-0.4, -0.2) is 30.5 Å². The topological polar surface area (TPSA) is 75.3 Å². The molecule has 6 heteroatoms. The predicted molar refractivity (Wildman–Crippen MR) is 113 cm³/mol. The van der Waals surface area contributed by atoms with E-state index < -0.39 is 0 Å². The lowest BCUT2D eigenvalue weighted by Crippen LogP contribution is -2.15. The molecule has 0 aliphatic heterocycles. The number of pyridine rings is 3.